The number of nitrogens with zero attached hydrogens (tertiary/aromatic N) is 7. The van der Waals surface area contributed by atoms with E-state index in [1.54, 1.807) is 0 Å². The van der Waals surface area contributed by atoms with Crippen LogP contribution in [0.5, 0.6) is 0 Å². The SMILES string of the molecule is CCN(CC)c1ccc2c(-c3ccccc3C(=O)N3CCN(C(=O)CCCCCN=[N+]=[N-])CC3)c3ccc(=[N+](CC)CC)cc-3oc2c1.[Cl-]. The lowest BCUT2D eigenvalue weighted by Gasteiger charge is -2.35. The maximum atomic E-state index is 14.2. The Hall–Kier alpha value is -4.53. The first-order chi connectivity index (χ1) is 23.4. The molecule has 0 bridgehead atoms. The Morgan fingerprint density at radius 2 is 1.59 bits per heavy atom. The molecule has 2 heterocycles. The lowest BCUT2D eigenvalue weighted by atomic mass is 9.90. The van der Waals surface area contributed by atoms with Crippen molar-refractivity contribution in [2.24, 2.45) is 5.11 Å². The van der Waals surface area contributed by atoms with E-state index in [4.69, 9.17) is 9.95 Å². The number of benzene rings is 3. The number of carbonyl (C=O) groups is 2. The number of carbonyl (C=O) groups excluding carboxylic acids is 2. The summed E-state index contributed by atoms with van der Waals surface area (Å²) in [6.07, 6.45) is 2.87. The molecule has 5 rings (SSSR count). The predicted octanol–water partition coefficient (Wildman–Crippen LogP) is 4.02. The highest BCUT2D eigenvalue weighted by Crippen LogP contribution is 2.42. The van der Waals surface area contributed by atoms with Crippen molar-refractivity contribution >= 4 is 28.5 Å². The Kier molecular flexibility index (Phi) is 13.5. The molecule has 1 aliphatic carbocycles. The first-order valence-electron chi connectivity index (χ1n) is 17.4. The van der Waals surface area contributed by atoms with E-state index in [9.17, 15) is 9.59 Å². The topological polar surface area (TPSA) is 109 Å². The average molecular weight is 686 g/mol. The van der Waals surface area contributed by atoms with E-state index in [2.05, 4.69) is 83.6 Å². The van der Waals surface area contributed by atoms with Gasteiger partial charge in [0, 0.05) is 97.0 Å². The van der Waals surface area contributed by atoms with E-state index in [-0.39, 0.29) is 24.2 Å². The lowest BCUT2D eigenvalue weighted by molar-refractivity contribution is -0.132. The second-order valence-corrected chi connectivity index (χ2v) is 12.2. The molecule has 1 fully saturated rings. The third-order valence-corrected chi connectivity index (χ3v) is 9.50. The summed E-state index contributed by atoms with van der Waals surface area (Å²) in [6.45, 7) is 14.7. The summed E-state index contributed by atoms with van der Waals surface area (Å²) in [5, 5.41) is 5.62. The van der Waals surface area contributed by atoms with Crippen LogP contribution in [0, 0.1) is 0 Å². The number of halogens is 1. The summed E-state index contributed by atoms with van der Waals surface area (Å²) in [6, 6.07) is 20.7. The maximum Gasteiger partial charge on any atom is 0.254 e. The number of anilines is 1. The number of unbranched alkanes of at least 4 members (excludes halogenated alkanes) is 2. The number of rotatable bonds is 13. The van der Waals surface area contributed by atoms with E-state index in [0.717, 1.165) is 89.9 Å². The molecule has 11 heteroatoms. The van der Waals surface area contributed by atoms with Crippen LogP contribution in [0.4, 0.5) is 5.69 Å². The van der Waals surface area contributed by atoms with Crippen molar-refractivity contribution in [3.63, 3.8) is 0 Å². The fourth-order valence-corrected chi connectivity index (χ4v) is 6.78. The fourth-order valence-electron chi connectivity index (χ4n) is 6.78. The molecule has 1 saturated heterocycles. The standard InChI is InChI=1S/C38H48N7O3.ClH/c1-5-42(6-2)28-17-19-32-34(26-28)48-35-27-29(43(7-3)8-4)18-20-33(35)37(32)30-14-11-12-15-31(30)38(47)45-24-22-44(23-25-45)36(46)16-10-9-13-21-40-41-39;/h11-12,14-15,17-20,26-27H,5-10,13,16,21-25H2,1-4H3;1H/q+1;/p-1. The van der Waals surface area contributed by atoms with Gasteiger partial charge in [-0.15, -0.1) is 0 Å². The summed E-state index contributed by atoms with van der Waals surface area (Å²) < 4.78 is 8.97. The Bertz CT molecular complexity index is 1830. The van der Waals surface area contributed by atoms with Crippen LogP contribution in [0.1, 0.15) is 63.7 Å². The minimum absolute atomic E-state index is 0. The third-order valence-electron chi connectivity index (χ3n) is 9.50. The highest BCUT2D eigenvalue weighted by atomic mass is 35.5. The van der Waals surface area contributed by atoms with Crippen LogP contribution in [0.2, 0.25) is 0 Å². The van der Waals surface area contributed by atoms with Crippen molar-refractivity contribution in [1.29, 1.82) is 0 Å². The number of fused-ring (bicyclic) bond motifs is 2. The first-order valence-corrected chi connectivity index (χ1v) is 17.4. The average Bonchev–Trinajstić information content (AvgIpc) is 3.12. The minimum Gasteiger partial charge on any atom is -1.00 e. The lowest BCUT2D eigenvalue weighted by Crippen LogP contribution is -3.00. The Labute approximate surface area is 295 Å². The van der Waals surface area contributed by atoms with Crippen LogP contribution in [0.3, 0.4) is 0 Å². The normalized spacial score (nSPS) is 12.8. The van der Waals surface area contributed by atoms with Gasteiger partial charge in [0.2, 0.25) is 11.3 Å². The van der Waals surface area contributed by atoms with Crippen LogP contribution in [0.15, 0.2) is 70.2 Å². The molecule has 0 saturated carbocycles. The fraction of sp³-hybridized carbons (Fsp3) is 0.447. The summed E-state index contributed by atoms with van der Waals surface area (Å²) in [4.78, 5) is 35.9. The zero-order chi connectivity index (χ0) is 34.0. The number of azide groups is 1. The van der Waals surface area contributed by atoms with Crippen LogP contribution in [-0.4, -0.2) is 80.5 Å². The molecule has 2 aromatic rings. The Balaban J connectivity index is 0.00000541. The van der Waals surface area contributed by atoms with Gasteiger partial charge in [-0.05, 0) is 75.9 Å². The summed E-state index contributed by atoms with van der Waals surface area (Å²) >= 11 is 0. The van der Waals surface area contributed by atoms with Gasteiger partial charge in [0.15, 0.2) is 0 Å². The van der Waals surface area contributed by atoms with Crippen molar-refractivity contribution in [3.05, 3.63) is 82.0 Å². The van der Waals surface area contributed by atoms with Gasteiger partial charge in [0.05, 0.1) is 6.07 Å². The molecule has 260 valence electrons. The second-order valence-electron chi connectivity index (χ2n) is 12.2. The number of amides is 2. The molecule has 2 amide bonds. The minimum atomic E-state index is -0.0302. The van der Waals surface area contributed by atoms with E-state index < -0.39 is 0 Å². The molecule has 3 aliphatic rings. The molecule has 2 aliphatic heterocycles. The summed E-state index contributed by atoms with van der Waals surface area (Å²) in [5.74, 6) is 0.869. The van der Waals surface area contributed by atoms with Crippen molar-refractivity contribution in [2.45, 2.75) is 53.4 Å². The Morgan fingerprint density at radius 1 is 0.878 bits per heavy atom. The molecule has 2 aromatic carbocycles. The summed E-state index contributed by atoms with van der Waals surface area (Å²) in [5.41, 5.74) is 13.8. The smallest absolute Gasteiger partial charge is 0.254 e. The van der Waals surface area contributed by atoms with Gasteiger partial charge in [0.1, 0.15) is 24.4 Å². The van der Waals surface area contributed by atoms with Crippen molar-refractivity contribution in [1.82, 2.24) is 14.4 Å². The van der Waals surface area contributed by atoms with Crippen LogP contribution < -0.4 is 27.2 Å². The van der Waals surface area contributed by atoms with Gasteiger partial charge >= 0.3 is 0 Å². The largest absolute Gasteiger partial charge is 1.00 e. The highest BCUT2D eigenvalue weighted by Gasteiger charge is 2.28. The van der Waals surface area contributed by atoms with Gasteiger partial charge in [-0.2, -0.15) is 0 Å². The van der Waals surface area contributed by atoms with Gasteiger partial charge < -0.3 is 31.5 Å². The van der Waals surface area contributed by atoms with E-state index in [0.29, 0.717) is 44.7 Å². The van der Waals surface area contributed by atoms with Crippen LogP contribution in [-0.2, 0) is 4.79 Å². The predicted molar refractivity (Wildman–Crippen MR) is 193 cm³/mol. The van der Waals surface area contributed by atoms with Crippen molar-refractivity contribution in [3.8, 4) is 22.5 Å². The molecular formula is C38H48ClN7O3. The van der Waals surface area contributed by atoms with E-state index >= 15 is 0 Å². The molecule has 0 aromatic heterocycles. The van der Waals surface area contributed by atoms with Gasteiger partial charge in [-0.1, -0.05) is 29.7 Å². The quantitative estimate of drug-likeness (QED) is 0.0529. The highest BCUT2D eigenvalue weighted by molar-refractivity contribution is 6.09. The second kappa shape index (κ2) is 17.7. The number of piperazine rings is 1. The van der Waals surface area contributed by atoms with Crippen molar-refractivity contribution < 1.29 is 26.4 Å². The molecule has 0 spiro atoms. The molecule has 49 heavy (non-hydrogen) atoms. The number of hydrogen-bond donors (Lipinski definition) is 0. The zero-order valence-electron chi connectivity index (χ0n) is 29.2. The number of hydrogen-bond acceptors (Lipinski definition) is 5. The molecule has 0 N–H and O–H groups in total. The maximum absolute atomic E-state index is 14.2. The Morgan fingerprint density at radius 3 is 2.29 bits per heavy atom. The van der Waals surface area contributed by atoms with Crippen LogP contribution >= 0.6 is 0 Å². The molecular weight excluding hydrogens is 638 g/mol. The van der Waals surface area contributed by atoms with Gasteiger partial charge in [0.25, 0.3) is 5.91 Å². The third kappa shape index (κ3) is 8.38. The monoisotopic (exact) mass is 685 g/mol. The van der Waals surface area contributed by atoms with E-state index in [1.807, 2.05) is 34.1 Å². The summed E-state index contributed by atoms with van der Waals surface area (Å²) in [7, 11) is 0. The molecule has 0 unspecified atom stereocenters. The van der Waals surface area contributed by atoms with Crippen LogP contribution in [0.25, 0.3) is 43.9 Å². The molecule has 10 nitrogen and oxygen atoms in total. The molecule has 0 atom stereocenters. The molecule has 0 radical (unpaired) electrons. The van der Waals surface area contributed by atoms with Gasteiger partial charge in [-0.25, -0.2) is 4.58 Å². The van der Waals surface area contributed by atoms with E-state index in [1.165, 1.54) is 0 Å². The first kappa shape index (κ1) is 37.3. The zero-order valence-corrected chi connectivity index (χ0v) is 30.0. The van der Waals surface area contributed by atoms with Gasteiger partial charge in [-0.3, -0.25) is 9.59 Å². The van der Waals surface area contributed by atoms with Crippen molar-refractivity contribution in [2.75, 3.05) is 63.8 Å².